The topological polar surface area (TPSA) is 176 Å². The molecule has 0 saturated carbocycles. The molecule has 3 fully saturated rings. The Balaban J connectivity index is 0.000000385. The van der Waals surface area contributed by atoms with Crippen LogP contribution in [-0.2, 0) is 25.5 Å². The molecule has 3 saturated heterocycles. The number of esters is 1. The number of anilines is 1. The summed E-state index contributed by atoms with van der Waals surface area (Å²) in [6.45, 7) is 4.07. The van der Waals surface area contributed by atoms with Crippen LogP contribution in [0.5, 0.6) is 11.8 Å². The standard InChI is InChI=1S/C35H36F3N5O4.2C2HF3O2/c1-34-9-3-11-42(18-34)32-25-16-39-30(24-14-22(44)13-20-7-8-26(37)23(28(20)24)5-2-6-27(45)47-34)29(38)31(25)40-33(41-32)46-19-35-10-4-12-43(35)17-21(36)15-35;2*3-2(4,5)1(6)7/h7-8,13-14,16,21,44H,2-6,9-12,15,17-19H2,1H3;2*(H,6,7)/t21-,34-,35+;;/m1../s1. The van der Waals surface area contributed by atoms with Gasteiger partial charge in [-0.05, 0) is 86.5 Å². The molecular formula is C39H38F9N5O8. The van der Waals surface area contributed by atoms with Crippen LogP contribution >= 0.6 is 0 Å². The molecule has 3 atom stereocenters. The zero-order valence-corrected chi connectivity index (χ0v) is 32.2. The summed E-state index contributed by atoms with van der Waals surface area (Å²) in [4.78, 5) is 48.8. The number of phenolic OH excluding ortho intramolecular Hbond substituents is 1. The first-order valence-corrected chi connectivity index (χ1v) is 18.9. The Hall–Kier alpha value is -5.67. The normalized spacial score (nSPS) is 22.9. The maximum Gasteiger partial charge on any atom is 0.490 e. The summed E-state index contributed by atoms with van der Waals surface area (Å²) in [5.74, 6) is -6.90. The van der Waals surface area contributed by atoms with Gasteiger partial charge in [0.1, 0.15) is 47.0 Å². The van der Waals surface area contributed by atoms with Crippen LogP contribution in [0.1, 0.15) is 57.4 Å². The molecule has 13 nitrogen and oxygen atoms in total. The Morgan fingerprint density at radius 2 is 1.64 bits per heavy atom. The fraction of sp³-hybridized carbons (Fsp3) is 0.487. The van der Waals surface area contributed by atoms with Gasteiger partial charge in [0.15, 0.2) is 5.82 Å². The number of carboxylic acids is 2. The number of aromatic hydroxyl groups is 1. The van der Waals surface area contributed by atoms with Gasteiger partial charge >= 0.3 is 36.3 Å². The van der Waals surface area contributed by atoms with E-state index in [1.807, 2.05) is 11.8 Å². The predicted molar refractivity (Wildman–Crippen MR) is 197 cm³/mol. The number of nitrogens with zero attached hydrogens (tertiary/aromatic N) is 5. The Morgan fingerprint density at radius 1 is 0.967 bits per heavy atom. The predicted octanol–water partition coefficient (Wildman–Crippen LogP) is 7.29. The molecule has 22 heteroatoms. The van der Waals surface area contributed by atoms with Gasteiger partial charge in [0.25, 0.3) is 0 Å². The number of aliphatic carboxylic acids is 2. The number of phenols is 1. The number of rotatable bonds is 3. The highest BCUT2D eigenvalue weighted by Crippen LogP contribution is 2.43. The minimum atomic E-state index is -5.08. The molecule has 2 aromatic heterocycles. The van der Waals surface area contributed by atoms with E-state index in [1.165, 1.54) is 30.5 Å². The van der Waals surface area contributed by atoms with Crippen molar-refractivity contribution in [1.29, 1.82) is 0 Å². The van der Waals surface area contributed by atoms with Crippen molar-refractivity contribution in [3.05, 3.63) is 47.7 Å². The monoisotopic (exact) mass is 875 g/mol. The van der Waals surface area contributed by atoms with Gasteiger partial charge in [0, 0.05) is 37.7 Å². The lowest BCUT2D eigenvalue weighted by molar-refractivity contribution is -0.193. The first kappa shape index (κ1) is 44.9. The number of fused-ring (bicyclic) bond motifs is 6. The van der Waals surface area contributed by atoms with Crippen LogP contribution in [0, 0.1) is 11.6 Å². The van der Waals surface area contributed by atoms with Crippen LogP contribution in [0.25, 0.3) is 32.9 Å². The number of pyridine rings is 1. The maximum absolute atomic E-state index is 16.9. The molecule has 0 radical (unpaired) electrons. The van der Waals surface area contributed by atoms with Gasteiger partial charge in [0.05, 0.1) is 17.5 Å². The minimum Gasteiger partial charge on any atom is -0.508 e. The van der Waals surface area contributed by atoms with E-state index in [-0.39, 0.29) is 54.0 Å². The van der Waals surface area contributed by atoms with Crippen molar-refractivity contribution in [3.8, 4) is 23.0 Å². The lowest BCUT2D eigenvalue weighted by atomic mass is 9.92. The molecule has 330 valence electrons. The molecular weight excluding hydrogens is 837 g/mol. The zero-order valence-electron chi connectivity index (χ0n) is 32.2. The summed E-state index contributed by atoms with van der Waals surface area (Å²) in [5.41, 5.74) is -0.952. The summed E-state index contributed by atoms with van der Waals surface area (Å²) < 4.78 is 123. The SMILES string of the molecule is C[C@@]12CCCN(C1)c1nc(OC[C@@]34CCCN3C[C@H](F)C4)nc3c(F)c(ncc13)-c1cc(O)cc3ccc(F)c(c13)CCCC(=O)O2.O=C(O)C(F)(F)F.O=C(O)C(F)(F)F. The second-order valence-electron chi connectivity index (χ2n) is 15.4. The molecule has 0 amide bonds. The molecule has 61 heavy (non-hydrogen) atoms. The molecule has 7 heterocycles. The van der Waals surface area contributed by atoms with Crippen molar-refractivity contribution >= 4 is 45.4 Å². The van der Waals surface area contributed by atoms with Crippen LogP contribution in [0.2, 0.25) is 0 Å². The highest BCUT2D eigenvalue weighted by molar-refractivity contribution is 6.02. The first-order chi connectivity index (χ1) is 28.5. The summed E-state index contributed by atoms with van der Waals surface area (Å²) in [6, 6.07) is 5.65. The number of carbonyl (C=O) groups excluding carboxylic acids is 1. The second-order valence-corrected chi connectivity index (χ2v) is 15.4. The average Bonchev–Trinajstić information content (AvgIpc) is 3.69. The van der Waals surface area contributed by atoms with Crippen LogP contribution < -0.4 is 9.64 Å². The van der Waals surface area contributed by atoms with Crippen molar-refractivity contribution in [2.24, 2.45) is 0 Å². The van der Waals surface area contributed by atoms with Crippen molar-refractivity contribution < 1.29 is 78.7 Å². The number of piperidine rings is 1. The second kappa shape index (κ2) is 17.0. The maximum atomic E-state index is 16.9. The van der Waals surface area contributed by atoms with Crippen LogP contribution in [0.15, 0.2) is 30.5 Å². The number of aromatic nitrogens is 3. The van der Waals surface area contributed by atoms with E-state index in [2.05, 4.69) is 14.9 Å². The van der Waals surface area contributed by atoms with E-state index < -0.39 is 53.2 Å². The zero-order chi connectivity index (χ0) is 44.7. The van der Waals surface area contributed by atoms with Crippen LogP contribution in [-0.4, -0.2) is 116 Å². The van der Waals surface area contributed by atoms with E-state index in [1.54, 1.807) is 0 Å². The van der Waals surface area contributed by atoms with E-state index in [4.69, 9.17) is 34.3 Å². The molecule has 5 aliphatic rings. The third-order valence-corrected chi connectivity index (χ3v) is 10.9. The van der Waals surface area contributed by atoms with Gasteiger partial charge in [-0.2, -0.15) is 36.3 Å². The largest absolute Gasteiger partial charge is 0.508 e. The summed E-state index contributed by atoms with van der Waals surface area (Å²) in [6.07, 6.45) is -5.63. The quantitative estimate of drug-likeness (QED) is 0.138. The van der Waals surface area contributed by atoms with Gasteiger partial charge in [-0.3, -0.25) is 14.7 Å². The highest BCUT2D eigenvalue weighted by Gasteiger charge is 2.49. The molecule has 0 aliphatic carbocycles. The van der Waals surface area contributed by atoms with Gasteiger partial charge in [-0.1, -0.05) is 6.07 Å². The fourth-order valence-corrected chi connectivity index (χ4v) is 8.30. The van der Waals surface area contributed by atoms with Gasteiger partial charge in [-0.25, -0.2) is 22.8 Å². The number of ether oxygens (including phenoxy) is 2. The Bertz CT molecular complexity index is 2330. The number of hydrogen-bond acceptors (Lipinski definition) is 11. The number of carbonyl (C=O) groups is 3. The first-order valence-electron chi connectivity index (χ1n) is 18.9. The Labute approximate surface area is 340 Å². The number of aryl methyl sites for hydroxylation is 1. The molecule has 5 aliphatic heterocycles. The lowest BCUT2D eigenvalue weighted by Gasteiger charge is -2.40. The molecule has 0 unspecified atom stereocenters. The third kappa shape index (κ3) is 9.78. The number of benzene rings is 2. The number of halogens is 9. The van der Waals surface area contributed by atoms with E-state index in [9.17, 15) is 40.6 Å². The summed E-state index contributed by atoms with van der Waals surface area (Å²) in [5, 5.41) is 26.1. The minimum absolute atomic E-state index is 0.0450. The van der Waals surface area contributed by atoms with Gasteiger partial charge < -0.3 is 29.7 Å². The van der Waals surface area contributed by atoms with E-state index >= 15 is 8.78 Å². The summed E-state index contributed by atoms with van der Waals surface area (Å²) in [7, 11) is 0. The van der Waals surface area contributed by atoms with Crippen molar-refractivity contribution in [2.45, 2.75) is 88.0 Å². The molecule has 2 aromatic carbocycles. The Morgan fingerprint density at radius 3 is 2.31 bits per heavy atom. The molecule has 6 bridgehead atoms. The van der Waals surface area contributed by atoms with Crippen molar-refractivity contribution in [2.75, 3.05) is 37.7 Å². The van der Waals surface area contributed by atoms with Gasteiger partial charge in [-0.15, -0.1) is 0 Å². The van der Waals surface area contributed by atoms with Crippen molar-refractivity contribution in [1.82, 2.24) is 19.9 Å². The van der Waals surface area contributed by atoms with Crippen LogP contribution in [0.3, 0.4) is 0 Å². The smallest absolute Gasteiger partial charge is 0.490 e. The highest BCUT2D eigenvalue weighted by atomic mass is 19.4. The molecule has 4 aromatic rings. The van der Waals surface area contributed by atoms with E-state index in [0.29, 0.717) is 72.9 Å². The Kier molecular flexibility index (Phi) is 12.5. The molecule has 3 N–H and O–H groups in total. The number of carboxylic acid groups (broad SMARTS) is 2. The van der Waals surface area contributed by atoms with E-state index in [0.717, 1.165) is 19.4 Å². The molecule has 9 rings (SSSR count). The fourth-order valence-electron chi connectivity index (χ4n) is 8.30. The number of alkyl halides is 7. The third-order valence-electron chi connectivity index (χ3n) is 10.9. The number of hydrogen-bond donors (Lipinski definition) is 3. The van der Waals surface area contributed by atoms with Crippen molar-refractivity contribution in [3.63, 3.8) is 0 Å². The summed E-state index contributed by atoms with van der Waals surface area (Å²) >= 11 is 0. The average molecular weight is 876 g/mol. The lowest BCUT2D eigenvalue weighted by Crippen LogP contribution is -2.49. The van der Waals surface area contributed by atoms with Gasteiger partial charge in [0.2, 0.25) is 0 Å². The molecule has 0 spiro atoms. The van der Waals surface area contributed by atoms with Crippen LogP contribution in [0.4, 0.5) is 45.3 Å².